The van der Waals surface area contributed by atoms with Gasteiger partial charge in [-0.15, -0.1) is 11.3 Å². The largest absolute Gasteiger partial charge is 0.416 e. The van der Waals surface area contributed by atoms with Gasteiger partial charge in [0.05, 0.1) is 5.56 Å². The van der Waals surface area contributed by atoms with Gasteiger partial charge in [-0.25, -0.2) is 0 Å². The summed E-state index contributed by atoms with van der Waals surface area (Å²) in [5.74, 6) is -0.0414. The van der Waals surface area contributed by atoms with E-state index in [1.165, 1.54) is 12.1 Å². The van der Waals surface area contributed by atoms with Gasteiger partial charge in [-0.3, -0.25) is 4.79 Å². The maximum Gasteiger partial charge on any atom is 0.416 e. The van der Waals surface area contributed by atoms with E-state index in [0.29, 0.717) is 25.8 Å². The Morgan fingerprint density at radius 2 is 1.82 bits per heavy atom. The van der Waals surface area contributed by atoms with Crippen LogP contribution >= 0.6 is 11.3 Å². The van der Waals surface area contributed by atoms with Crippen molar-refractivity contribution in [2.75, 3.05) is 6.54 Å². The minimum Gasteiger partial charge on any atom is -0.356 e. The highest BCUT2D eigenvalue weighted by Crippen LogP contribution is 2.29. The van der Waals surface area contributed by atoms with E-state index in [1.54, 1.807) is 11.3 Å². The molecule has 1 heterocycles. The average molecular weight is 327 g/mol. The second-order valence-electron chi connectivity index (χ2n) is 4.87. The van der Waals surface area contributed by atoms with Crippen LogP contribution in [0.1, 0.15) is 22.4 Å². The zero-order chi connectivity index (χ0) is 16.0. The Bertz CT molecular complexity index is 591. The molecule has 0 saturated carbocycles. The molecule has 0 aliphatic carbocycles. The number of alkyl halides is 3. The Hall–Kier alpha value is -1.82. The highest BCUT2D eigenvalue weighted by Gasteiger charge is 2.29. The predicted molar refractivity (Wildman–Crippen MR) is 80.8 cm³/mol. The number of aryl methyl sites for hydroxylation is 1. The van der Waals surface area contributed by atoms with Gasteiger partial charge in [0, 0.05) is 17.8 Å². The summed E-state index contributed by atoms with van der Waals surface area (Å²) in [6, 6.07) is 8.95. The van der Waals surface area contributed by atoms with Gasteiger partial charge in [-0.2, -0.15) is 13.2 Å². The molecule has 1 aromatic heterocycles. The fourth-order valence-electron chi connectivity index (χ4n) is 1.99. The monoisotopic (exact) mass is 327 g/mol. The molecule has 2 nitrogen and oxygen atoms in total. The molecule has 1 amide bonds. The summed E-state index contributed by atoms with van der Waals surface area (Å²) in [7, 11) is 0. The van der Waals surface area contributed by atoms with Crippen LogP contribution in [0.3, 0.4) is 0 Å². The second kappa shape index (κ2) is 7.45. The summed E-state index contributed by atoms with van der Waals surface area (Å²) in [6.07, 6.45) is -2.66. The molecule has 6 heteroatoms. The van der Waals surface area contributed by atoms with E-state index in [0.717, 1.165) is 22.6 Å². The minimum atomic E-state index is -4.31. The first-order valence-electron chi connectivity index (χ1n) is 6.90. The SMILES string of the molecule is O=C(CCc1cccs1)NCCc1ccc(C(F)(F)F)cc1. The molecule has 1 aromatic carbocycles. The van der Waals surface area contributed by atoms with Crippen LogP contribution in [-0.4, -0.2) is 12.5 Å². The number of nitrogens with one attached hydrogen (secondary N) is 1. The van der Waals surface area contributed by atoms with E-state index in [9.17, 15) is 18.0 Å². The van der Waals surface area contributed by atoms with E-state index in [2.05, 4.69) is 5.32 Å². The van der Waals surface area contributed by atoms with E-state index < -0.39 is 11.7 Å². The van der Waals surface area contributed by atoms with Crippen LogP contribution in [0.2, 0.25) is 0 Å². The number of rotatable bonds is 6. The molecule has 2 rings (SSSR count). The Morgan fingerprint density at radius 1 is 1.09 bits per heavy atom. The first-order valence-corrected chi connectivity index (χ1v) is 7.78. The Balaban J connectivity index is 1.70. The van der Waals surface area contributed by atoms with Gasteiger partial charge in [0.15, 0.2) is 0 Å². The number of hydrogen-bond donors (Lipinski definition) is 1. The number of benzene rings is 1. The average Bonchev–Trinajstić information content (AvgIpc) is 2.98. The summed E-state index contributed by atoms with van der Waals surface area (Å²) < 4.78 is 37.3. The third-order valence-electron chi connectivity index (χ3n) is 3.20. The number of carbonyl (C=O) groups excluding carboxylic acids is 1. The molecule has 0 saturated heterocycles. The zero-order valence-corrected chi connectivity index (χ0v) is 12.6. The van der Waals surface area contributed by atoms with Crippen molar-refractivity contribution >= 4 is 17.2 Å². The van der Waals surface area contributed by atoms with E-state index in [-0.39, 0.29) is 5.91 Å². The minimum absolute atomic E-state index is 0.0414. The highest BCUT2D eigenvalue weighted by atomic mass is 32.1. The normalized spacial score (nSPS) is 11.4. The van der Waals surface area contributed by atoms with Crippen molar-refractivity contribution in [2.45, 2.75) is 25.4 Å². The van der Waals surface area contributed by atoms with Crippen LogP contribution in [-0.2, 0) is 23.8 Å². The maximum absolute atomic E-state index is 12.4. The smallest absolute Gasteiger partial charge is 0.356 e. The fourth-order valence-corrected chi connectivity index (χ4v) is 2.70. The molecule has 22 heavy (non-hydrogen) atoms. The Morgan fingerprint density at radius 3 is 2.41 bits per heavy atom. The standard InChI is InChI=1S/C16H16F3NOS/c17-16(18,19)13-5-3-12(4-6-13)9-10-20-15(21)8-7-14-2-1-11-22-14/h1-6,11H,7-10H2,(H,20,21). The summed E-state index contributed by atoms with van der Waals surface area (Å²) >= 11 is 1.62. The number of halogens is 3. The molecule has 0 unspecified atom stereocenters. The molecule has 2 aromatic rings. The quantitative estimate of drug-likeness (QED) is 0.852. The Labute approximate surface area is 131 Å². The molecule has 0 aliphatic rings. The van der Waals surface area contributed by atoms with Gasteiger partial charge in [0.1, 0.15) is 0 Å². The van der Waals surface area contributed by atoms with Crippen LogP contribution in [0, 0.1) is 0 Å². The Kier molecular flexibility index (Phi) is 5.60. The van der Waals surface area contributed by atoms with Crippen LogP contribution in [0.25, 0.3) is 0 Å². The van der Waals surface area contributed by atoms with Crippen molar-refractivity contribution in [1.82, 2.24) is 5.32 Å². The van der Waals surface area contributed by atoms with Crippen molar-refractivity contribution in [3.05, 3.63) is 57.8 Å². The summed E-state index contributed by atoms with van der Waals surface area (Å²) in [5.41, 5.74) is 0.114. The molecule has 118 valence electrons. The van der Waals surface area contributed by atoms with Gasteiger partial charge in [0.25, 0.3) is 0 Å². The number of amides is 1. The maximum atomic E-state index is 12.4. The van der Waals surface area contributed by atoms with Crippen molar-refractivity contribution in [3.8, 4) is 0 Å². The molecule has 0 atom stereocenters. The predicted octanol–water partition coefficient (Wildman–Crippen LogP) is 4.06. The number of thiophene rings is 1. The lowest BCUT2D eigenvalue weighted by Gasteiger charge is -2.08. The molecular formula is C16H16F3NOS. The summed E-state index contributed by atoms with van der Waals surface area (Å²) in [5, 5.41) is 4.75. The van der Waals surface area contributed by atoms with Crippen LogP contribution in [0.15, 0.2) is 41.8 Å². The molecule has 1 N–H and O–H groups in total. The van der Waals surface area contributed by atoms with Gasteiger partial charge < -0.3 is 5.32 Å². The van der Waals surface area contributed by atoms with Crippen molar-refractivity contribution in [2.24, 2.45) is 0 Å². The zero-order valence-electron chi connectivity index (χ0n) is 11.8. The van der Waals surface area contributed by atoms with Crippen molar-refractivity contribution in [3.63, 3.8) is 0 Å². The van der Waals surface area contributed by atoms with E-state index in [4.69, 9.17) is 0 Å². The first-order chi connectivity index (χ1) is 10.4. The van der Waals surface area contributed by atoms with Crippen LogP contribution in [0.5, 0.6) is 0 Å². The number of hydrogen-bond acceptors (Lipinski definition) is 2. The molecule has 0 fully saturated rings. The third kappa shape index (κ3) is 5.18. The van der Waals surface area contributed by atoms with Gasteiger partial charge in [0.2, 0.25) is 5.91 Å². The van der Waals surface area contributed by atoms with Crippen molar-refractivity contribution < 1.29 is 18.0 Å². The lowest BCUT2D eigenvalue weighted by atomic mass is 10.1. The summed E-state index contributed by atoms with van der Waals surface area (Å²) in [4.78, 5) is 12.8. The molecule has 0 spiro atoms. The van der Waals surface area contributed by atoms with Crippen LogP contribution in [0.4, 0.5) is 13.2 Å². The molecule has 0 aliphatic heterocycles. The van der Waals surface area contributed by atoms with Gasteiger partial charge >= 0.3 is 6.18 Å². The summed E-state index contributed by atoms with van der Waals surface area (Å²) in [6.45, 7) is 0.425. The molecule has 0 radical (unpaired) electrons. The first kappa shape index (κ1) is 16.5. The van der Waals surface area contributed by atoms with Crippen LogP contribution < -0.4 is 5.32 Å². The van der Waals surface area contributed by atoms with E-state index in [1.807, 2.05) is 17.5 Å². The molecule has 0 bridgehead atoms. The number of carbonyl (C=O) groups is 1. The van der Waals surface area contributed by atoms with Gasteiger partial charge in [-0.1, -0.05) is 18.2 Å². The van der Waals surface area contributed by atoms with Crippen molar-refractivity contribution in [1.29, 1.82) is 0 Å². The fraction of sp³-hybridized carbons (Fsp3) is 0.312. The topological polar surface area (TPSA) is 29.1 Å². The van der Waals surface area contributed by atoms with Gasteiger partial charge in [-0.05, 0) is 42.0 Å². The second-order valence-corrected chi connectivity index (χ2v) is 5.91. The highest BCUT2D eigenvalue weighted by molar-refractivity contribution is 7.09. The van der Waals surface area contributed by atoms with E-state index >= 15 is 0 Å². The lowest BCUT2D eigenvalue weighted by Crippen LogP contribution is -2.25. The lowest BCUT2D eigenvalue weighted by molar-refractivity contribution is -0.137. The molecular weight excluding hydrogens is 311 g/mol. The third-order valence-corrected chi connectivity index (χ3v) is 4.13.